The average molecular weight is 1240 g/mol. The quantitative estimate of drug-likeness (QED) is 0.0200. The molecule has 510 valence electrons. The van der Waals surface area contributed by atoms with E-state index in [1.165, 1.54) is 161 Å². The van der Waals surface area contributed by atoms with Gasteiger partial charge in [0.15, 0.2) is 18.9 Å². The van der Waals surface area contributed by atoms with E-state index in [0.717, 1.165) is 64.2 Å². The van der Waals surface area contributed by atoms with E-state index in [4.69, 9.17) is 28.4 Å². The first-order chi connectivity index (χ1) is 42.3. The number of nitrogens with one attached hydrogen (secondary N) is 1. The highest BCUT2D eigenvalue weighted by Gasteiger charge is 2.53. The number of allylic oxidation sites excluding steroid dienone is 6. The van der Waals surface area contributed by atoms with Crippen molar-refractivity contribution in [3.8, 4) is 0 Å². The predicted octanol–water partition coefficient (Wildman–Crippen LogP) is 8.83. The van der Waals surface area contributed by atoms with Crippen LogP contribution in [0.1, 0.15) is 258 Å². The maximum Gasteiger partial charge on any atom is 0.220 e. The number of carbonyl (C=O) groups is 1. The molecule has 3 aliphatic heterocycles. The summed E-state index contributed by atoms with van der Waals surface area (Å²) < 4.78 is 34.4. The molecule has 19 heteroatoms. The molecule has 87 heavy (non-hydrogen) atoms. The van der Waals surface area contributed by atoms with Crippen molar-refractivity contribution >= 4 is 5.91 Å². The van der Waals surface area contributed by atoms with E-state index in [1.807, 2.05) is 0 Å². The van der Waals surface area contributed by atoms with Crippen molar-refractivity contribution in [2.75, 3.05) is 26.4 Å². The monoisotopic (exact) mass is 1240 g/mol. The summed E-state index contributed by atoms with van der Waals surface area (Å²) in [6.45, 7) is 1.67. The zero-order valence-electron chi connectivity index (χ0n) is 53.8. The molecule has 17 unspecified atom stereocenters. The molecule has 0 aliphatic carbocycles. The summed E-state index contributed by atoms with van der Waals surface area (Å²) in [4.78, 5) is 13.4. The number of aliphatic hydroxyl groups excluding tert-OH is 11. The summed E-state index contributed by atoms with van der Waals surface area (Å²) in [6.07, 6.45) is 31.1. The van der Waals surface area contributed by atoms with Crippen molar-refractivity contribution in [2.45, 2.75) is 362 Å². The minimum Gasteiger partial charge on any atom is -0.394 e. The second-order valence-corrected chi connectivity index (χ2v) is 25.0. The lowest BCUT2D eigenvalue weighted by Gasteiger charge is -2.48. The van der Waals surface area contributed by atoms with E-state index in [1.54, 1.807) is 0 Å². The molecule has 0 bridgehead atoms. The third-order valence-electron chi connectivity index (χ3n) is 17.5. The molecule has 17 atom stereocenters. The summed E-state index contributed by atoms with van der Waals surface area (Å²) in [7, 11) is 0. The first kappa shape index (κ1) is 79.2. The number of aliphatic hydroxyl groups is 11. The van der Waals surface area contributed by atoms with Gasteiger partial charge in [-0.15, -0.1) is 0 Å². The number of hydrogen-bond donors (Lipinski definition) is 12. The van der Waals surface area contributed by atoms with Gasteiger partial charge in [-0.25, -0.2) is 0 Å². The van der Waals surface area contributed by atoms with Crippen molar-refractivity contribution in [1.82, 2.24) is 5.32 Å². The van der Waals surface area contributed by atoms with Crippen molar-refractivity contribution in [2.24, 2.45) is 0 Å². The molecule has 3 rings (SSSR count). The smallest absolute Gasteiger partial charge is 0.220 e. The third-order valence-corrected chi connectivity index (χ3v) is 17.5. The normalized spacial score (nSPS) is 28.8. The van der Waals surface area contributed by atoms with Gasteiger partial charge >= 0.3 is 0 Å². The van der Waals surface area contributed by atoms with Crippen LogP contribution in [-0.2, 0) is 33.2 Å². The fourth-order valence-corrected chi connectivity index (χ4v) is 11.9. The van der Waals surface area contributed by atoms with Crippen molar-refractivity contribution < 1.29 is 89.4 Å². The predicted molar refractivity (Wildman–Crippen MR) is 337 cm³/mol. The molecule has 0 aromatic rings. The Kier molecular flexibility index (Phi) is 46.0. The molecule has 12 N–H and O–H groups in total. The summed E-state index contributed by atoms with van der Waals surface area (Å²) in [5.74, 6) is -0.270. The Balaban J connectivity index is 1.39. The third kappa shape index (κ3) is 32.9. The second kappa shape index (κ2) is 50.6. The minimum absolute atomic E-state index is 0.231. The molecule has 3 heterocycles. The van der Waals surface area contributed by atoms with Gasteiger partial charge in [-0.1, -0.05) is 243 Å². The number of hydrogen-bond acceptors (Lipinski definition) is 18. The van der Waals surface area contributed by atoms with E-state index < -0.39 is 124 Å². The fourth-order valence-electron chi connectivity index (χ4n) is 11.9. The van der Waals surface area contributed by atoms with Gasteiger partial charge in [-0.2, -0.15) is 0 Å². The Morgan fingerprint density at radius 3 is 1.23 bits per heavy atom. The number of unbranched alkanes of at least 4 members (excludes halogenated alkanes) is 31. The maximum absolute atomic E-state index is 13.4. The Labute approximate surface area is 523 Å². The standard InChI is InChI=1S/C68H125NO18/c1-3-5-7-9-11-13-15-17-18-19-20-21-22-23-24-25-26-27-28-29-30-31-32-34-35-37-39-41-43-45-52(73)51(69-56(74)46-44-42-40-38-36-33-16-14-12-10-8-6-4-2)50-82-66-62(80)59(77)64(54(48-71)84-66)87-68-63(81)60(78)65(55(49-72)85-68)86-67-61(79)58(76)57(75)53(47-70)83-67/h6,8,12,14,33,36,51-55,57-68,70-73,75-81H,3-5,7,9-11,13,15-32,34-35,37-50H2,1-2H3,(H,69,74)/b8-6-,14-12-,36-33-. The summed E-state index contributed by atoms with van der Waals surface area (Å²) in [5, 5.41) is 121. The lowest BCUT2D eigenvalue weighted by atomic mass is 9.96. The summed E-state index contributed by atoms with van der Waals surface area (Å²) in [5.41, 5.74) is 0. The Morgan fingerprint density at radius 2 is 0.793 bits per heavy atom. The maximum atomic E-state index is 13.4. The highest BCUT2D eigenvalue weighted by molar-refractivity contribution is 5.76. The molecular formula is C68H125NO18. The highest BCUT2D eigenvalue weighted by Crippen LogP contribution is 2.33. The molecule has 0 aromatic carbocycles. The van der Waals surface area contributed by atoms with Crippen LogP contribution in [0.4, 0.5) is 0 Å². The first-order valence-corrected chi connectivity index (χ1v) is 34.7. The average Bonchev–Trinajstić information content (AvgIpc) is 2.79. The van der Waals surface area contributed by atoms with Crippen LogP contribution < -0.4 is 5.32 Å². The van der Waals surface area contributed by atoms with Gasteiger partial charge in [-0.05, 0) is 44.9 Å². The number of amides is 1. The van der Waals surface area contributed by atoms with Crippen LogP contribution >= 0.6 is 0 Å². The van der Waals surface area contributed by atoms with Gasteiger partial charge in [-0.3, -0.25) is 4.79 Å². The van der Waals surface area contributed by atoms with Gasteiger partial charge in [0.2, 0.25) is 5.91 Å². The summed E-state index contributed by atoms with van der Waals surface area (Å²) >= 11 is 0. The summed E-state index contributed by atoms with van der Waals surface area (Å²) in [6, 6.07) is -0.903. The molecule has 19 nitrogen and oxygen atoms in total. The van der Waals surface area contributed by atoms with Crippen LogP contribution in [0.15, 0.2) is 36.5 Å². The second-order valence-electron chi connectivity index (χ2n) is 25.0. The van der Waals surface area contributed by atoms with Gasteiger partial charge in [0.1, 0.15) is 73.2 Å². The molecule has 1 amide bonds. The Morgan fingerprint density at radius 1 is 0.425 bits per heavy atom. The molecule has 3 saturated heterocycles. The molecular weight excluding hydrogens is 1120 g/mol. The van der Waals surface area contributed by atoms with Crippen molar-refractivity contribution in [3.63, 3.8) is 0 Å². The topological polar surface area (TPSA) is 307 Å². The van der Waals surface area contributed by atoms with Gasteiger partial charge in [0.25, 0.3) is 0 Å². The first-order valence-electron chi connectivity index (χ1n) is 34.7. The number of carbonyl (C=O) groups excluding carboxylic acids is 1. The van der Waals surface area contributed by atoms with E-state index in [9.17, 15) is 61.0 Å². The lowest BCUT2D eigenvalue weighted by Crippen LogP contribution is -2.66. The van der Waals surface area contributed by atoms with E-state index in [2.05, 4.69) is 55.6 Å². The van der Waals surface area contributed by atoms with E-state index in [0.29, 0.717) is 12.8 Å². The highest BCUT2D eigenvalue weighted by atomic mass is 16.8. The van der Waals surface area contributed by atoms with Crippen molar-refractivity contribution in [3.05, 3.63) is 36.5 Å². The zero-order chi connectivity index (χ0) is 63.3. The van der Waals surface area contributed by atoms with Crippen LogP contribution in [0.3, 0.4) is 0 Å². The van der Waals surface area contributed by atoms with Crippen LogP contribution in [-0.4, -0.2) is 193 Å². The van der Waals surface area contributed by atoms with Crippen LogP contribution in [0.25, 0.3) is 0 Å². The molecule has 0 spiro atoms. The SMILES string of the molecule is CC/C=C\C/C=C\C/C=C\CCCCCC(=O)NC(COC1OC(CO)C(OC2OC(CO)C(OC3OC(CO)C(O)C(O)C3O)C(O)C2O)C(O)C1O)C(O)CCCCCCCCCCCCCCCCCCCCCCCCCCCCCCC. The van der Waals surface area contributed by atoms with Gasteiger partial charge in [0, 0.05) is 6.42 Å². The van der Waals surface area contributed by atoms with E-state index in [-0.39, 0.29) is 18.9 Å². The molecule has 3 fully saturated rings. The van der Waals surface area contributed by atoms with Gasteiger partial charge < -0.3 is 89.9 Å². The Bertz CT molecular complexity index is 1720. The minimum atomic E-state index is -1.98. The number of ether oxygens (including phenoxy) is 6. The Hall–Kier alpha value is -1.99. The van der Waals surface area contributed by atoms with Crippen LogP contribution in [0.5, 0.6) is 0 Å². The zero-order valence-corrected chi connectivity index (χ0v) is 53.8. The van der Waals surface area contributed by atoms with Crippen LogP contribution in [0.2, 0.25) is 0 Å². The largest absolute Gasteiger partial charge is 0.394 e. The van der Waals surface area contributed by atoms with Crippen molar-refractivity contribution in [1.29, 1.82) is 0 Å². The molecule has 0 aromatic heterocycles. The number of rotatable bonds is 53. The van der Waals surface area contributed by atoms with Crippen LogP contribution in [0, 0.1) is 0 Å². The lowest BCUT2D eigenvalue weighted by molar-refractivity contribution is -0.379. The van der Waals surface area contributed by atoms with Gasteiger partial charge in [0.05, 0.1) is 38.6 Å². The molecule has 0 radical (unpaired) electrons. The molecule has 0 saturated carbocycles. The van der Waals surface area contributed by atoms with E-state index >= 15 is 0 Å². The molecule has 3 aliphatic rings. The fraction of sp³-hybridized carbons (Fsp3) is 0.897.